The molecule has 0 radical (unpaired) electrons. The van der Waals surface area contributed by atoms with E-state index in [-0.39, 0.29) is 11.8 Å². The molecular formula is C24H24ClN5O2. The summed E-state index contributed by atoms with van der Waals surface area (Å²) in [4.78, 5) is 33.0. The van der Waals surface area contributed by atoms with Crippen molar-refractivity contribution in [3.05, 3.63) is 82.9 Å². The van der Waals surface area contributed by atoms with E-state index < -0.39 is 0 Å². The Morgan fingerprint density at radius 3 is 2.41 bits per heavy atom. The van der Waals surface area contributed by atoms with Crippen LogP contribution in [0.25, 0.3) is 11.8 Å². The molecule has 0 saturated carbocycles. The summed E-state index contributed by atoms with van der Waals surface area (Å²) in [5.74, 6) is -0.140. The molecule has 2 amide bonds. The third-order valence-corrected chi connectivity index (χ3v) is 5.83. The van der Waals surface area contributed by atoms with E-state index in [9.17, 15) is 9.59 Å². The van der Waals surface area contributed by atoms with Gasteiger partial charge in [-0.25, -0.2) is 4.68 Å². The molecular weight excluding hydrogens is 426 g/mol. The molecule has 0 N–H and O–H groups in total. The first-order valence-corrected chi connectivity index (χ1v) is 10.9. The molecule has 3 heterocycles. The Balaban J connectivity index is 1.42. The van der Waals surface area contributed by atoms with Gasteiger partial charge in [0.15, 0.2) is 0 Å². The van der Waals surface area contributed by atoms with Crippen LogP contribution in [0.1, 0.15) is 28.0 Å². The number of benzene rings is 1. The van der Waals surface area contributed by atoms with Crippen molar-refractivity contribution >= 4 is 29.5 Å². The first-order chi connectivity index (χ1) is 15.5. The number of carbonyl (C=O) groups excluding carboxylic acids is 2. The van der Waals surface area contributed by atoms with Gasteiger partial charge in [-0.1, -0.05) is 29.8 Å². The van der Waals surface area contributed by atoms with E-state index in [1.807, 2.05) is 37.3 Å². The zero-order chi connectivity index (χ0) is 22.5. The molecule has 4 rings (SSSR count). The van der Waals surface area contributed by atoms with Gasteiger partial charge in [0.05, 0.1) is 11.4 Å². The van der Waals surface area contributed by atoms with Gasteiger partial charge in [-0.05, 0) is 43.7 Å². The molecule has 1 fully saturated rings. The number of nitrogens with zero attached hydrogens (tertiary/aromatic N) is 5. The maximum Gasteiger partial charge on any atom is 0.254 e. The Bertz CT molecular complexity index is 1130. The van der Waals surface area contributed by atoms with Crippen molar-refractivity contribution < 1.29 is 9.59 Å². The zero-order valence-electron chi connectivity index (χ0n) is 17.8. The monoisotopic (exact) mass is 449 g/mol. The average Bonchev–Trinajstić information content (AvgIpc) is 2.99. The van der Waals surface area contributed by atoms with Crippen molar-refractivity contribution in [1.29, 1.82) is 0 Å². The van der Waals surface area contributed by atoms with Gasteiger partial charge in [-0.3, -0.25) is 14.6 Å². The number of hydrogen-bond acceptors (Lipinski definition) is 4. The third-order valence-electron chi connectivity index (χ3n) is 5.46. The zero-order valence-corrected chi connectivity index (χ0v) is 18.6. The van der Waals surface area contributed by atoms with E-state index >= 15 is 0 Å². The minimum atomic E-state index is -0.105. The average molecular weight is 450 g/mol. The minimum absolute atomic E-state index is 0.0343. The molecule has 0 unspecified atom stereocenters. The fourth-order valence-electron chi connectivity index (χ4n) is 3.72. The number of para-hydroxylation sites is 1. The van der Waals surface area contributed by atoms with E-state index in [0.29, 0.717) is 42.5 Å². The molecule has 0 atom stereocenters. The summed E-state index contributed by atoms with van der Waals surface area (Å²) in [7, 11) is 0. The van der Waals surface area contributed by atoms with Crippen LogP contribution in [0.2, 0.25) is 5.15 Å². The van der Waals surface area contributed by atoms with Crippen LogP contribution in [0, 0.1) is 6.92 Å². The molecule has 1 aromatic carbocycles. The smallest absolute Gasteiger partial charge is 0.254 e. The second-order valence-electron chi connectivity index (χ2n) is 7.58. The van der Waals surface area contributed by atoms with Crippen LogP contribution in [0.4, 0.5) is 0 Å². The summed E-state index contributed by atoms with van der Waals surface area (Å²) in [6.07, 6.45) is 7.20. The van der Waals surface area contributed by atoms with Crippen LogP contribution < -0.4 is 0 Å². The molecule has 32 heavy (non-hydrogen) atoms. The van der Waals surface area contributed by atoms with Crippen LogP contribution >= 0.6 is 11.6 Å². The van der Waals surface area contributed by atoms with Crippen molar-refractivity contribution in [2.75, 3.05) is 26.2 Å². The van der Waals surface area contributed by atoms with Crippen LogP contribution in [0.15, 0.2) is 60.9 Å². The second-order valence-corrected chi connectivity index (χ2v) is 7.94. The molecule has 164 valence electrons. The van der Waals surface area contributed by atoms with Gasteiger partial charge in [0.25, 0.3) is 5.91 Å². The SMILES string of the molecule is Cc1nn(-c2ccccc2)c(Cl)c1C=CC(=O)N1CCCN(C(=O)c2ccncc2)CC1. The van der Waals surface area contributed by atoms with Crippen LogP contribution in [0.5, 0.6) is 0 Å². The fourth-order valence-corrected chi connectivity index (χ4v) is 4.05. The fraction of sp³-hybridized carbons (Fsp3) is 0.250. The lowest BCUT2D eigenvalue weighted by molar-refractivity contribution is -0.125. The predicted molar refractivity (Wildman–Crippen MR) is 124 cm³/mol. The Morgan fingerprint density at radius 2 is 1.66 bits per heavy atom. The van der Waals surface area contributed by atoms with E-state index in [0.717, 1.165) is 17.8 Å². The summed E-state index contributed by atoms with van der Waals surface area (Å²) in [5.41, 5.74) is 2.93. The first-order valence-electron chi connectivity index (χ1n) is 10.5. The number of rotatable bonds is 4. The van der Waals surface area contributed by atoms with Crippen molar-refractivity contribution in [2.45, 2.75) is 13.3 Å². The molecule has 7 nitrogen and oxygen atoms in total. The van der Waals surface area contributed by atoms with E-state index in [1.54, 1.807) is 45.1 Å². The molecule has 1 aliphatic heterocycles. The summed E-state index contributed by atoms with van der Waals surface area (Å²) >= 11 is 6.55. The van der Waals surface area contributed by atoms with Crippen molar-refractivity contribution in [3.63, 3.8) is 0 Å². The molecule has 0 spiro atoms. The maximum absolute atomic E-state index is 12.8. The Kier molecular flexibility index (Phi) is 6.66. The van der Waals surface area contributed by atoms with Crippen molar-refractivity contribution in [2.24, 2.45) is 0 Å². The van der Waals surface area contributed by atoms with Gasteiger partial charge in [0.1, 0.15) is 5.15 Å². The summed E-state index contributed by atoms with van der Waals surface area (Å²) in [5, 5.41) is 4.96. The number of aromatic nitrogens is 3. The first kappa shape index (κ1) is 21.8. The lowest BCUT2D eigenvalue weighted by atomic mass is 10.2. The maximum atomic E-state index is 12.8. The highest BCUT2D eigenvalue weighted by atomic mass is 35.5. The van der Waals surface area contributed by atoms with Gasteiger partial charge in [-0.15, -0.1) is 0 Å². The topological polar surface area (TPSA) is 71.3 Å². The third kappa shape index (κ3) is 4.73. The van der Waals surface area contributed by atoms with Crippen molar-refractivity contribution in [3.8, 4) is 5.69 Å². The highest BCUT2D eigenvalue weighted by Crippen LogP contribution is 2.24. The normalized spacial score (nSPS) is 14.6. The second kappa shape index (κ2) is 9.78. The van der Waals surface area contributed by atoms with Crippen LogP contribution in [-0.4, -0.2) is 62.6 Å². The van der Waals surface area contributed by atoms with Crippen molar-refractivity contribution in [1.82, 2.24) is 24.6 Å². The number of pyridine rings is 1. The lowest BCUT2D eigenvalue weighted by Crippen LogP contribution is -2.36. The largest absolute Gasteiger partial charge is 0.337 e. The molecule has 1 saturated heterocycles. The highest BCUT2D eigenvalue weighted by molar-refractivity contribution is 6.31. The van der Waals surface area contributed by atoms with E-state index in [1.165, 1.54) is 6.08 Å². The predicted octanol–water partition coefficient (Wildman–Crippen LogP) is 3.62. The van der Waals surface area contributed by atoms with Gasteiger partial charge in [0.2, 0.25) is 5.91 Å². The van der Waals surface area contributed by atoms with E-state index in [4.69, 9.17) is 11.6 Å². The van der Waals surface area contributed by atoms with E-state index in [2.05, 4.69) is 10.1 Å². The Morgan fingerprint density at radius 1 is 0.969 bits per heavy atom. The number of halogens is 1. The lowest BCUT2D eigenvalue weighted by Gasteiger charge is -2.21. The van der Waals surface area contributed by atoms with Gasteiger partial charge in [-0.2, -0.15) is 5.10 Å². The molecule has 8 heteroatoms. The number of carbonyl (C=O) groups is 2. The van der Waals surface area contributed by atoms with Crippen LogP contribution in [-0.2, 0) is 4.79 Å². The number of aryl methyl sites for hydroxylation is 1. The molecule has 1 aliphatic rings. The number of amides is 2. The minimum Gasteiger partial charge on any atom is -0.337 e. The summed E-state index contributed by atoms with van der Waals surface area (Å²) < 4.78 is 1.66. The molecule has 3 aromatic rings. The number of hydrogen-bond donors (Lipinski definition) is 0. The van der Waals surface area contributed by atoms with Gasteiger partial charge >= 0.3 is 0 Å². The quantitative estimate of drug-likeness (QED) is 0.570. The standard InChI is InChI=1S/C24H24ClN5O2/c1-18-21(23(25)30(27-18)20-6-3-2-4-7-20)8-9-22(31)28-14-5-15-29(17-16-28)24(32)19-10-12-26-13-11-19/h2-4,6-13H,5,14-17H2,1H3. The Labute approximate surface area is 191 Å². The molecule has 0 aliphatic carbocycles. The molecule has 2 aromatic heterocycles. The Hall–Kier alpha value is -3.45. The van der Waals surface area contributed by atoms with Gasteiger partial charge < -0.3 is 9.80 Å². The van der Waals surface area contributed by atoms with Crippen LogP contribution in [0.3, 0.4) is 0 Å². The molecule has 0 bridgehead atoms. The summed E-state index contributed by atoms with van der Waals surface area (Å²) in [6, 6.07) is 13.0. The van der Waals surface area contributed by atoms with Gasteiger partial charge in [0, 0.05) is 55.8 Å². The summed E-state index contributed by atoms with van der Waals surface area (Å²) in [6.45, 7) is 4.05. The highest BCUT2D eigenvalue weighted by Gasteiger charge is 2.22.